The van der Waals surface area contributed by atoms with Crippen LogP contribution in [0.4, 0.5) is 0 Å². The predicted octanol–water partition coefficient (Wildman–Crippen LogP) is 5.43. The number of hydrogen-bond acceptors (Lipinski definition) is 2. The van der Waals surface area contributed by atoms with Crippen molar-refractivity contribution in [1.82, 2.24) is 5.32 Å². The van der Waals surface area contributed by atoms with E-state index in [4.69, 9.17) is 28.6 Å². The van der Waals surface area contributed by atoms with Crippen LogP contribution in [-0.4, -0.2) is 11.5 Å². The number of ether oxygens (including phenoxy) is 1. The summed E-state index contributed by atoms with van der Waals surface area (Å²) < 4.78 is 5.98. The highest BCUT2D eigenvalue weighted by molar-refractivity contribution is 7.80. The van der Waals surface area contributed by atoms with Crippen LogP contribution in [0.3, 0.4) is 0 Å². The van der Waals surface area contributed by atoms with Gasteiger partial charge >= 0.3 is 0 Å². The summed E-state index contributed by atoms with van der Waals surface area (Å²) in [6.45, 7) is 1.26. The molecule has 1 N–H and O–H groups in total. The van der Waals surface area contributed by atoms with E-state index in [0.717, 1.165) is 34.9 Å². The van der Waals surface area contributed by atoms with Crippen LogP contribution in [0.15, 0.2) is 78.9 Å². The predicted molar refractivity (Wildman–Crippen MR) is 112 cm³/mol. The van der Waals surface area contributed by atoms with Gasteiger partial charge in [0.05, 0.1) is 5.56 Å². The molecule has 3 aromatic rings. The number of nitrogens with one attached hydrogen (secondary N) is 1. The SMILES string of the molecule is S=C(NCCc1ccccc1)c1ccccc1OCc1ccc(Cl)cc1. The fourth-order valence-electron chi connectivity index (χ4n) is 2.58. The van der Waals surface area contributed by atoms with Gasteiger partial charge in [0.25, 0.3) is 0 Å². The summed E-state index contributed by atoms with van der Waals surface area (Å²) in [7, 11) is 0. The minimum atomic E-state index is 0.473. The molecule has 0 radical (unpaired) electrons. The summed E-state index contributed by atoms with van der Waals surface area (Å²) in [5.41, 5.74) is 3.26. The van der Waals surface area contributed by atoms with Gasteiger partial charge in [0.1, 0.15) is 17.3 Å². The van der Waals surface area contributed by atoms with Crippen LogP contribution in [0.2, 0.25) is 5.02 Å². The average molecular weight is 382 g/mol. The van der Waals surface area contributed by atoms with E-state index in [-0.39, 0.29) is 0 Å². The van der Waals surface area contributed by atoms with E-state index in [1.54, 1.807) is 0 Å². The molecule has 0 aromatic heterocycles. The van der Waals surface area contributed by atoms with Gasteiger partial charge < -0.3 is 10.1 Å². The van der Waals surface area contributed by atoms with Gasteiger partial charge in [-0.2, -0.15) is 0 Å². The third kappa shape index (κ3) is 5.32. The molecule has 0 saturated heterocycles. The van der Waals surface area contributed by atoms with Crippen molar-refractivity contribution in [3.8, 4) is 5.75 Å². The number of benzene rings is 3. The summed E-state index contributed by atoms with van der Waals surface area (Å²) >= 11 is 11.5. The molecule has 0 bridgehead atoms. The third-order valence-corrected chi connectivity index (χ3v) is 4.60. The van der Waals surface area contributed by atoms with Crippen molar-refractivity contribution >= 4 is 28.8 Å². The van der Waals surface area contributed by atoms with Crippen LogP contribution in [0.5, 0.6) is 5.75 Å². The lowest BCUT2D eigenvalue weighted by Gasteiger charge is -2.14. The molecule has 26 heavy (non-hydrogen) atoms. The quantitative estimate of drug-likeness (QED) is 0.551. The molecule has 132 valence electrons. The van der Waals surface area contributed by atoms with Crippen molar-refractivity contribution in [3.05, 3.63) is 101 Å². The number of rotatable bonds is 7. The first-order chi connectivity index (χ1) is 12.7. The minimum Gasteiger partial charge on any atom is -0.488 e. The molecule has 0 heterocycles. The van der Waals surface area contributed by atoms with Gasteiger partial charge in [-0.3, -0.25) is 0 Å². The van der Waals surface area contributed by atoms with Crippen LogP contribution in [0.25, 0.3) is 0 Å². The molecule has 0 aliphatic rings. The fraction of sp³-hybridized carbons (Fsp3) is 0.136. The molecule has 4 heteroatoms. The number of hydrogen-bond donors (Lipinski definition) is 1. The van der Waals surface area contributed by atoms with Gasteiger partial charge in [-0.05, 0) is 41.8 Å². The molecular formula is C22H20ClNOS. The third-order valence-electron chi connectivity index (χ3n) is 3.98. The standard InChI is InChI=1S/C22H20ClNOS/c23-19-12-10-18(11-13-19)16-25-21-9-5-4-8-20(21)22(26)24-15-14-17-6-2-1-3-7-17/h1-13H,14-16H2,(H,24,26). The smallest absolute Gasteiger partial charge is 0.129 e. The Labute approximate surface area is 164 Å². The molecule has 3 rings (SSSR count). The Kier molecular flexibility index (Phi) is 6.64. The van der Waals surface area contributed by atoms with Crippen LogP contribution in [0, 0.1) is 0 Å². The monoisotopic (exact) mass is 381 g/mol. The molecule has 2 nitrogen and oxygen atoms in total. The van der Waals surface area contributed by atoms with Crippen LogP contribution < -0.4 is 10.1 Å². The first-order valence-electron chi connectivity index (χ1n) is 8.51. The van der Waals surface area contributed by atoms with E-state index in [2.05, 4.69) is 17.4 Å². The van der Waals surface area contributed by atoms with E-state index in [9.17, 15) is 0 Å². The van der Waals surface area contributed by atoms with Crippen molar-refractivity contribution < 1.29 is 4.74 Å². The molecular weight excluding hydrogens is 362 g/mol. The second kappa shape index (κ2) is 9.37. The lowest BCUT2D eigenvalue weighted by molar-refractivity contribution is 0.305. The summed E-state index contributed by atoms with van der Waals surface area (Å²) in [5.74, 6) is 0.777. The van der Waals surface area contributed by atoms with Crippen molar-refractivity contribution in [2.45, 2.75) is 13.0 Å². The van der Waals surface area contributed by atoms with E-state index in [1.165, 1.54) is 5.56 Å². The Morgan fingerprint density at radius 1 is 0.846 bits per heavy atom. The second-order valence-electron chi connectivity index (χ2n) is 5.90. The van der Waals surface area contributed by atoms with Gasteiger partial charge in [-0.15, -0.1) is 0 Å². The van der Waals surface area contributed by atoms with Gasteiger partial charge in [-0.1, -0.05) is 78.4 Å². The highest BCUT2D eigenvalue weighted by atomic mass is 35.5. The molecule has 3 aromatic carbocycles. The first kappa shape index (κ1) is 18.4. The highest BCUT2D eigenvalue weighted by Crippen LogP contribution is 2.20. The van der Waals surface area contributed by atoms with E-state index >= 15 is 0 Å². The van der Waals surface area contributed by atoms with Crippen molar-refractivity contribution in [2.24, 2.45) is 0 Å². The molecule has 0 spiro atoms. The Morgan fingerprint density at radius 3 is 2.31 bits per heavy atom. The Hall–Kier alpha value is -2.36. The maximum absolute atomic E-state index is 5.98. The van der Waals surface area contributed by atoms with Crippen LogP contribution in [0.1, 0.15) is 16.7 Å². The van der Waals surface area contributed by atoms with E-state index < -0.39 is 0 Å². The van der Waals surface area contributed by atoms with Crippen LogP contribution >= 0.6 is 23.8 Å². The minimum absolute atomic E-state index is 0.473. The van der Waals surface area contributed by atoms with E-state index in [1.807, 2.05) is 66.7 Å². The maximum Gasteiger partial charge on any atom is 0.129 e. The van der Waals surface area contributed by atoms with Gasteiger partial charge in [0.15, 0.2) is 0 Å². The van der Waals surface area contributed by atoms with Crippen molar-refractivity contribution in [2.75, 3.05) is 6.54 Å². The highest BCUT2D eigenvalue weighted by Gasteiger charge is 2.08. The Morgan fingerprint density at radius 2 is 1.54 bits per heavy atom. The number of thiocarbonyl (C=S) groups is 1. The molecule has 0 fully saturated rings. The van der Waals surface area contributed by atoms with Gasteiger partial charge in [0, 0.05) is 11.6 Å². The fourth-order valence-corrected chi connectivity index (χ4v) is 2.98. The zero-order valence-corrected chi connectivity index (χ0v) is 15.9. The molecule has 0 aliphatic carbocycles. The van der Waals surface area contributed by atoms with Gasteiger partial charge in [-0.25, -0.2) is 0 Å². The summed E-state index contributed by atoms with van der Waals surface area (Å²) in [4.78, 5) is 0.702. The first-order valence-corrected chi connectivity index (χ1v) is 9.29. The number of para-hydroxylation sites is 1. The van der Waals surface area contributed by atoms with Gasteiger partial charge in [0.2, 0.25) is 0 Å². The maximum atomic E-state index is 5.98. The molecule has 0 unspecified atom stereocenters. The molecule has 0 atom stereocenters. The average Bonchev–Trinajstić information content (AvgIpc) is 2.68. The summed E-state index contributed by atoms with van der Waals surface area (Å²) in [5, 5.41) is 4.05. The van der Waals surface area contributed by atoms with Crippen molar-refractivity contribution in [1.29, 1.82) is 0 Å². The molecule has 0 saturated carbocycles. The van der Waals surface area contributed by atoms with E-state index in [0.29, 0.717) is 11.6 Å². The molecule has 0 aliphatic heterocycles. The zero-order valence-electron chi connectivity index (χ0n) is 14.3. The normalized spacial score (nSPS) is 10.3. The Balaban J connectivity index is 1.58. The zero-order chi connectivity index (χ0) is 18.2. The second-order valence-corrected chi connectivity index (χ2v) is 6.75. The summed E-state index contributed by atoms with van der Waals surface area (Å²) in [6, 6.07) is 25.8. The lowest BCUT2D eigenvalue weighted by atomic mass is 10.1. The van der Waals surface area contributed by atoms with Crippen molar-refractivity contribution in [3.63, 3.8) is 0 Å². The van der Waals surface area contributed by atoms with Crippen LogP contribution in [-0.2, 0) is 13.0 Å². The molecule has 0 amide bonds. The Bertz CT molecular complexity index is 850. The lowest BCUT2D eigenvalue weighted by Crippen LogP contribution is -2.25. The largest absolute Gasteiger partial charge is 0.488 e. The summed E-state index contributed by atoms with van der Waals surface area (Å²) in [6.07, 6.45) is 0.925. The number of halogens is 1. The topological polar surface area (TPSA) is 21.3 Å².